The Kier molecular flexibility index (Phi) is 3.39. The Morgan fingerprint density at radius 3 is 2.52 bits per heavy atom. The highest BCUT2D eigenvalue weighted by Gasteiger charge is 2.55. The van der Waals surface area contributed by atoms with Gasteiger partial charge in [-0.2, -0.15) is 4.98 Å². The monoisotopic (exact) mass is 284 g/mol. The summed E-state index contributed by atoms with van der Waals surface area (Å²) in [7, 11) is 0. The number of hydrogen-bond acceptors (Lipinski definition) is 3. The van der Waals surface area contributed by atoms with Crippen molar-refractivity contribution in [2.45, 2.75) is 63.7 Å². The van der Waals surface area contributed by atoms with Crippen molar-refractivity contribution in [1.29, 1.82) is 0 Å². The van der Waals surface area contributed by atoms with E-state index in [4.69, 9.17) is 9.51 Å². The lowest BCUT2D eigenvalue weighted by molar-refractivity contribution is 0.342. The molecule has 112 valence electrons. The topological polar surface area (TPSA) is 38.9 Å². The molecule has 1 aliphatic carbocycles. The molecule has 2 aromatic rings. The van der Waals surface area contributed by atoms with Gasteiger partial charge in [-0.05, 0) is 24.8 Å². The Morgan fingerprint density at radius 1 is 1.24 bits per heavy atom. The second-order valence-corrected chi connectivity index (χ2v) is 6.76. The van der Waals surface area contributed by atoms with Crippen molar-refractivity contribution in [1.82, 2.24) is 10.1 Å². The van der Waals surface area contributed by atoms with Crippen molar-refractivity contribution in [2.75, 3.05) is 0 Å². The van der Waals surface area contributed by atoms with Crippen molar-refractivity contribution in [3.05, 3.63) is 47.6 Å². The van der Waals surface area contributed by atoms with Crippen molar-refractivity contribution in [3.63, 3.8) is 0 Å². The third-order valence-electron chi connectivity index (χ3n) is 5.51. The molecule has 21 heavy (non-hydrogen) atoms. The third kappa shape index (κ3) is 2.29. The first-order valence-corrected chi connectivity index (χ1v) is 7.93. The molecule has 3 heteroatoms. The lowest BCUT2D eigenvalue weighted by Crippen LogP contribution is -2.21. The highest BCUT2D eigenvalue weighted by atomic mass is 16.5. The molecule has 2 atom stereocenters. The van der Waals surface area contributed by atoms with Gasteiger partial charge in [-0.25, -0.2) is 0 Å². The molecule has 1 aliphatic rings. The van der Waals surface area contributed by atoms with Gasteiger partial charge in [0.15, 0.2) is 5.82 Å². The van der Waals surface area contributed by atoms with Gasteiger partial charge < -0.3 is 4.52 Å². The summed E-state index contributed by atoms with van der Waals surface area (Å²) in [6.07, 6.45) is 3.15. The molecule has 1 heterocycles. The van der Waals surface area contributed by atoms with Crippen LogP contribution in [-0.2, 0) is 10.8 Å². The second-order valence-electron chi connectivity index (χ2n) is 6.76. The molecule has 2 unspecified atom stereocenters. The molecule has 0 N–H and O–H groups in total. The van der Waals surface area contributed by atoms with Crippen LogP contribution in [0.15, 0.2) is 34.9 Å². The SMILES string of the molecule is CCC(C)(CC)c1noc(C2CC2(C)c2ccccc2)n1. The molecule has 1 aromatic carbocycles. The summed E-state index contributed by atoms with van der Waals surface area (Å²) >= 11 is 0. The van der Waals surface area contributed by atoms with E-state index in [-0.39, 0.29) is 10.8 Å². The van der Waals surface area contributed by atoms with E-state index in [1.165, 1.54) is 5.56 Å². The van der Waals surface area contributed by atoms with Crippen molar-refractivity contribution >= 4 is 0 Å². The smallest absolute Gasteiger partial charge is 0.230 e. The highest BCUT2D eigenvalue weighted by molar-refractivity contribution is 5.37. The number of hydrogen-bond donors (Lipinski definition) is 0. The van der Waals surface area contributed by atoms with Crippen LogP contribution in [0, 0.1) is 0 Å². The van der Waals surface area contributed by atoms with Gasteiger partial charge >= 0.3 is 0 Å². The zero-order valence-electron chi connectivity index (χ0n) is 13.4. The van der Waals surface area contributed by atoms with Gasteiger partial charge in [0.05, 0.1) is 0 Å². The molecule has 0 saturated heterocycles. The quantitative estimate of drug-likeness (QED) is 0.806. The summed E-state index contributed by atoms with van der Waals surface area (Å²) in [5.74, 6) is 2.04. The Morgan fingerprint density at radius 2 is 1.90 bits per heavy atom. The molecular formula is C18H24N2O. The maximum atomic E-state index is 5.59. The fourth-order valence-electron chi connectivity index (χ4n) is 3.05. The maximum absolute atomic E-state index is 5.59. The first kappa shape index (κ1) is 14.3. The van der Waals surface area contributed by atoms with Gasteiger partial charge in [0, 0.05) is 16.7 Å². The van der Waals surface area contributed by atoms with Crippen LogP contribution in [-0.4, -0.2) is 10.1 Å². The molecule has 1 saturated carbocycles. The van der Waals surface area contributed by atoms with Gasteiger partial charge in [-0.1, -0.05) is 63.2 Å². The molecule has 1 fully saturated rings. The van der Waals surface area contributed by atoms with E-state index in [1.807, 2.05) is 0 Å². The molecule has 0 spiro atoms. The largest absolute Gasteiger partial charge is 0.339 e. The Labute approximate surface area is 126 Å². The number of aromatic nitrogens is 2. The van der Waals surface area contributed by atoms with Crippen LogP contribution in [0.25, 0.3) is 0 Å². The van der Waals surface area contributed by atoms with Crippen LogP contribution in [0.4, 0.5) is 0 Å². The minimum atomic E-state index is 0.0276. The Hall–Kier alpha value is -1.64. The lowest BCUT2D eigenvalue weighted by atomic mass is 9.84. The van der Waals surface area contributed by atoms with E-state index < -0.39 is 0 Å². The van der Waals surface area contributed by atoms with Crippen LogP contribution in [0.3, 0.4) is 0 Å². The van der Waals surface area contributed by atoms with Gasteiger partial charge in [0.25, 0.3) is 0 Å². The first-order chi connectivity index (χ1) is 10.0. The minimum absolute atomic E-state index is 0.0276. The number of rotatable bonds is 5. The first-order valence-electron chi connectivity index (χ1n) is 7.93. The lowest BCUT2D eigenvalue weighted by Gasteiger charge is -2.21. The van der Waals surface area contributed by atoms with Crippen LogP contribution >= 0.6 is 0 Å². The van der Waals surface area contributed by atoms with Crippen molar-refractivity contribution in [2.24, 2.45) is 0 Å². The predicted octanol–water partition coefficient (Wildman–Crippen LogP) is 4.59. The fraction of sp³-hybridized carbons (Fsp3) is 0.556. The Bertz CT molecular complexity index is 615. The molecule has 0 bridgehead atoms. The number of nitrogens with zero attached hydrogens (tertiary/aromatic N) is 2. The van der Waals surface area contributed by atoms with Gasteiger partial charge in [0.2, 0.25) is 5.89 Å². The molecular weight excluding hydrogens is 260 g/mol. The molecule has 0 amide bonds. The van der Waals surface area contributed by atoms with Crippen LogP contribution < -0.4 is 0 Å². The molecule has 0 aliphatic heterocycles. The molecule has 0 radical (unpaired) electrons. The average Bonchev–Trinajstić information content (AvgIpc) is 3.00. The predicted molar refractivity (Wildman–Crippen MR) is 83.4 cm³/mol. The van der Waals surface area contributed by atoms with E-state index in [0.29, 0.717) is 5.92 Å². The van der Waals surface area contributed by atoms with Crippen LogP contribution in [0.5, 0.6) is 0 Å². The summed E-state index contributed by atoms with van der Waals surface area (Å²) < 4.78 is 5.59. The van der Waals surface area contributed by atoms with Crippen LogP contribution in [0.1, 0.15) is 70.2 Å². The van der Waals surface area contributed by atoms with Gasteiger partial charge in [-0.15, -0.1) is 0 Å². The molecule has 1 aromatic heterocycles. The van der Waals surface area contributed by atoms with E-state index in [9.17, 15) is 0 Å². The van der Waals surface area contributed by atoms with E-state index in [0.717, 1.165) is 31.0 Å². The summed E-state index contributed by atoms with van der Waals surface area (Å²) in [6.45, 7) is 8.87. The van der Waals surface area contributed by atoms with Gasteiger partial charge in [0.1, 0.15) is 0 Å². The normalized spacial score (nSPS) is 25.0. The Balaban J connectivity index is 1.84. The van der Waals surface area contributed by atoms with Crippen molar-refractivity contribution < 1.29 is 4.52 Å². The summed E-state index contributed by atoms with van der Waals surface area (Å²) in [5.41, 5.74) is 1.54. The number of benzene rings is 1. The molecule has 3 rings (SSSR count). The third-order valence-corrected chi connectivity index (χ3v) is 5.51. The van der Waals surface area contributed by atoms with E-state index in [2.05, 4.69) is 63.2 Å². The summed E-state index contributed by atoms with van der Waals surface area (Å²) in [6, 6.07) is 10.6. The summed E-state index contributed by atoms with van der Waals surface area (Å²) in [4.78, 5) is 4.73. The highest BCUT2D eigenvalue weighted by Crippen LogP contribution is 2.59. The average molecular weight is 284 g/mol. The van der Waals surface area contributed by atoms with Crippen molar-refractivity contribution in [3.8, 4) is 0 Å². The summed E-state index contributed by atoms with van der Waals surface area (Å²) in [5, 5.41) is 4.26. The second kappa shape index (κ2) is 4.97. The van der Waals surface area contributed by atoms with Gasteiger partial charge in [-0.3, -0.25) is 0 Å². The van der Waals surface area contributed by atoms with Crippen LogP contribution in [0.2, 0.25) is 0 Å². The van der Waals surface area contributed by atoms with E-state index in [1.54, 1.807) is 0 Å². The minimum Gasteiger partial charge on any atom is -0.339 e. The zero-order chi connectivity index (χ0) is 15.1. The standard InChI is InChI=1S/C18H24N2O/c1-5-17(3,6-2)16-19-15(21-20-16)14-12-18(14,4)13-10-8-7-9-11-13/h7-11,14H,5-6,12H2,1-4H3. The fourth-order valence-corrected chi connectivity index (χ4v) is 3.05. The molecule has 3 nitrogen and oxygen atoms in total. The maximum Gasteiger partial charge on any atom is 0.230 e. The van der Waals surface area contributed by atoms with E-state index >= 15 is 0 Å². The zero-order valence-corrected chi connectivity index (χ0v) is 13.4.